The Morgan fingerprint density at radius 3 is 1.32 bits per heavy atom. The van der Waals surface area contributed by atoms with Crippen molar-refractivity contribution in [3.8, 4) is 28.7 Å². The number of carbonyl (C=O) groups excluding carboxylic acids is 1. The van der Waals surface area contributed by atoms with Gasteiger partial charge in [0.25, 0.3) is 0 Å². The Labute approximate surface area is 234 Å². The van der Waals surface area contributed by atoms with Crippen molar-refractivity contribution in [1.29, 1.82) is 0 Å². The molecule has 4 unspecified atom stereocenters. The highest BCUT2D eigenvalue weighted by Gasteiger charge is 2.54. The van der Waals surface area contributed by atoms with E-state index in [1.165, 1.54) is 16.7 Å². The fourth-order valence-corrected chi connectivity index (χ4v) is 6.90. The van der Waals surface area contributed by atoms with Crippen molar-refractivity contribution in [3.05, 3.63) is 112 Å². The van der Waals surface area contributed by atoms with Crippen LogP contribution in [0.3, 0.4) is 0 Å². The lowest BCUT2D eigenvalue weighted by atomic mass is 9.79. The van der Waals surface area contributed by atoms with Crippen molar-refractivity contribution in [3.63, 3.8) is 0 Å². The Kier molecular flexibility index (Phi) is 6.62. The molecule has 0 N–H and O–H groups in total. The molecule has 204 valence electrons. The first-order chi connectivity index (χ1) is 19.6. The Hall–Kier alpha value is -4.45. The summed E-state index contributed by atoms with van der Waals surface area (Å²) >= 11 is 0. The topological polar surface area (TPSA) is 63.2 Å². The molecule has 4 aromatic carbocycles. The first-order valence-corrected chi connectivity index (χ1v) is 13.3. The van der Waals surface area contributed by atoms with Crippen LogP contribution in [-0.2, 0) is 0 Å². The van der Waals surface area contributed by atoms with Gasteiger partial charge in [0.1, 0.15) is 35.0 Å². The van der Waals surface area contributed by atoms with Gasteiger partial charge in [-0.25, -0.2) is 0 Å². The minimum atomic E-state index is -0.0274. The van der Waals surface area contributed by atoms with Crippen LogP contribution < -0.4 is 23.7 Å². The van der Waals surface area contributed by atoms with Gasteiger partial charge < -0.3 is 23.7 Å². The van der Waals surface area contributed by atoms with Crippen LogP contribution in [0.4, 0.5) is 0 Å². The van der Waals surface area contributed by atoms with Crippen molar-refractivity contribution in [2.75, 3.05) is 35.5 Å². The van der Waals surface area contributed by atoms with E-state index >= 15 is 0 Å². The molecule has 0 fully saturated rings. The van der Waals surface area contributed by atoms with Crippen molar-refractivity contribution in [1.82, 2.24) is 0 Å². The maximum Gasteiger partial charge on any atom is 0.150 e. The van der Waals surface area contributed by atoms with E-state index in [0.717, 1.165) is 51.7 Å². The molecule has 6 heteroatoms. The molecule has 0 radical (unpaired) electrons. The van der Waals surface area contributed by atoms with Crippen LogP contribution in [-0.4, -0.2) is 41.8 Å². The van der Waals surface area contributed by atoms with E-state index in [1.54, 1.807) is 35.5 Å². The van der Waals surface area contributed by atoms with Gasteiger partial charge in [0, 0.05) is 52.5 Å². The molecule has 0 aromatic heterocycles. The zero-order valence-corrected chi connectivity index (χ0v) is 23.3. The average Bonchev–Trinajstić information content (AvgIpc) is 3.53. The van der Waals surface area contributed by atoms with E-state index in [4.69, 9.17) is 23.7 Å². The Morgan fingerprint density at radius 2 is 0.950 bits per heavy atom. The van der Waals surface area contributed by atoms with Crippen LogP contribution in [0.5, 0.6) is 28.7 Å². The fourth-order valence-electron chi connectivity index (χ4n) is 6.90. The zero-order chi connectivity index (χ0) is 28.0. The highest BCUT2D eigenvalue weighted by Crippen LogP contribution is 2.69. The van der Waals surface area contributed by atoms with Crippen molar-refractivity contribution < 1.29 is 28.5 Å². The van der Waals surface area contributed by atoms with Crippen molar-refractivity contribution in [2.24, 2.45) is 0 Å². The van der Waals surface area contributed by atoms with E-state index in [0.29, 0.717) is 5.56 Å². The lowest BCUT2D eigenvalue weighted by molar-refractivity contribution is 0.112. The summed E-state index contributed by atoms with van der Waals surface area (Å²) in [5, 5.41) is 0. The highest BCUT2D eigenvalue weighted by atomic mass is 16.5. The lowest BCUT2D eigenvalue weighted by Crippen LogP contribution is -2.10. The SMILES string of the molecule is COc1ccc(C2c3c(OC)cc(OC)cc3C3C(c4ccc(C=O)cc4)c4c(OC)cc(OC)cc4C23)cc1. The second kappa shape index (κ2) is 10.3. The zero-order valence-electron chi connectivity index (χ0n) is 23.3. The molecule has 0 saturated carbocycles. The molecule has 40 heavy (non-hydrogen) atoms. The number of carbonyl (C=O) groups is 1. The highest BCUT2D eigenvalue weighted by molar-refractivity contribution is 5.75. The number of hydrogen-bond donors (Lipinski definition) is 0. The van der Waals surface area contributed by atoms with Crippen LogP contribution in [0, 0.1) is 0 Å². The second-order valence-corrected chi connectivity index (χ2v) is 10.2. The molecule has 0 aliphatic heterocycles. The van der Waals surface area contributed by atoms with E-state index in [-0.39, 0.29) is 23.7 Å². The van der Waals surface area contributed by atoms with Gasteiger partial charge >= 0.3 is 0 Å². The largest absolute Gasteiger partial charge is 0.497 e. The summed E-state index contributed by atoms with van der Waals surface area (Å²) in [5.41, 5.74) is 7.60. The molecule has 0 amide bonds. The number of methoxy groups -OCH3 is 5. The Balaban J connectivity index is 1.67. The molecular weight excluding hydrogens is 504 g/mol. The van der Waals surface area contributed by atoms with Gasteiger partial charge in [0.2, 0.25) is 0 Å². The van der Waals surface area contributed by atoms with Crippen LogP contribution in [0.15, 0.2) is 72.8 Å². The normalized spacial score (nSPS) is 20.2. The smallest absolute Gasteiger partial charge is 0.150 e. The molecule has 6 rings (SSSR count). The Morgan fingerprint density at radius 1 is 0.525 bits per heavy atom. The first-order valence-electron chi connectivity index (χ1n) is 13.3. The quantitative estimate of drug-likeness (QED) is 0.234. The van der Waals surface area contributed by atoms with Crippen LogP contribution in [0.25, 0.3) is 0 Å². The van der Waals surface area contributed by atoms with E-state index in [2.05, 4.69) is 36.4 Å². The molecule has 4 atom stereocenters. The number of rotatable bonds is 8. The van der Waals surface area contributed by atoms with Crippen LogP contribution in [0.2, 0.25) is 0 Å². The van der Waals surface area contributed by atoms with Crippen LogP contribution >= 0.6 is 0 Å². The predicted octanol–water partition coefficient (Wildman–Crippen LogP) is 6.70. The summed E-state index contributed by atoms with van der Waals surface area (Å²) in [6.45, 7) is 0. The fraction of sp³-hybridized carbons (Fsp3) is 0.265. The van der Waals surface area contributed by atoms with E-state index in [9.17, 15) is 4.79 Å². The van der Waals surface area contributed by atoms with Gasteiger partial charge in [-0.3, -0.25) is 4.79 Å². The standard InChI is InChI=1S/C34H32O6/c1-36-22-12-10-21(11-13-22)30-32-26(15-24(38-3)17-28(32)40-5)33-29(20-8-6-19(18-35)7-9-20)31-25(34(30)33)14-23(37-2)16-27(31)39-4/h6-18,29-30,33-34H,1-5H3. The van der Waals surface area contributed by atoms with Crippen molar-refractivity contribution in [2.45, 2.75) is 23.7 Å². The first kappa shape index (κ1) is 25.8. The third kappa shape index (κ3) is 3.89. The lowest BCUT2D eigenvalue weighted by Gasteiger charge is -2.24. The average molecular weight is 537 g/mol. The summed E-state index contributed by atoms with van der Waals surface area (Å²) in [7, 11) is 8.46. The molecule has 0 spiro atoms. The van der Waals surface area contributed by atoms with Crippen molar-refractivity contribution >= 4 is 6.29 Å². The monoisotopic (exact) mass is 536 g/mol. The van der Waals surface area contributed by atoms with Crippen LogP contribution in [0.1, 0.15) is 67.4 Å². The maximum absolute atomic E-state index is 11.5. The van der Waals surface area contributed by atoms with Gasteiger partial charge in [-0.1, -0.05) is 36.4 Å². The molecule has 6 nitrogen and oxygen atoms in total. The molecule has 2 aliphatic rings. The summed E-state index contributed by atoms with van der Waals surface area (Å²) in [4.78, 5) is 11.5. The number of hydrogen-bond acceptors (Lipinski definition) is 6. The third-order valence-corrected chi connectivity index (χ3v) is 8.56. The molecular formula is C34H32O6. The van der Waals surface area contributed by atoms with Gasteiger partial charge in [0.05, 0.1) is 35.5 Å². The summed E-state index contributed by atoms with van der Waals surface area (Å²) in [5.74, 6) is 4.00. The summed E-state index contributed by atoms with van der Waals surface area (Å²) in [6.07, 6.45) is 0.876. The maximum atomic E-state index is 11.5. The summed E-state index contributed by atoms with van der Waals surface area (Å²) < 4.78 is 29.0. The third-order valence-electron chi connectivity index (χ3n) is 8.56. The summed E-state index contributed by atoms with van der Waals surface area (Å²) in [6, 6.07) is 24.4. The predicted molar refractivity (Wildman–Crippen MR) is 153 cm³/mol. The number of aldehydes is 1. The van der Waals surface area contributed by atoms with Gasteiger partial charge in [-0.15, -0.1) is 0 Å². The van der Waals surface area contributed by atoms with Gasteiger partial charge in [0.15, 0.2) is 0 Å². The molecule has 0 saturated heterocycles. The Bertz CT molecular complexity index is 1560. The van der Waals surface area contributed by atoms with Gasteiger partial charge in [-0.05, 0) is 46.5 Å². The van der Waals surface area contributed by atoms with E-state index < -0.39 is 0 Å². The van der Waals surface area contributed by atoms with E-state index in [1.807, 2.05) is 36.4 Å². The molecule has 4 aromatic rings. The minimum absolute atomic E-state index is 0.00146. The minimum Gasteiger partial charge on any atom is -0.497 e. The van der Waals surface area contributed by atoms with Gasteiger partial charge in [-0.2, -0.15) is 0 Å². The molecule has 0 bridgehead atoms. The number of benzene rings is 4. The molecule has 0 heterocycles. The second-order valence-electron chi connectivity index (χ2n) is 10.2. The number of fused-ring (bicyclic) bond motifs is 5. The molecule has 2 aliphatic carbocycles. The number of ether oxygens (including phenoxy) is 5.